The fraction of sp³-hybridized carbons (Fsp3) is 0.682. The molecule has 4 fully saturated rings. The molecule has 10 heteroatoms. The molecule has 1 amide bonds. The van der Waals surface area contributed by atoms with Crippen LogP contribution in [0.15, 0.2) is 23.1 Å². The molecular weight excluding hydrogens is 460 g/mol. The number of likely N-dealkylation sites (tertiary alicyclic amines) is 1. The van der Waals surface area contributed by atoms with E-state index < -0.39 is 40.0 Å². The van der Waals surface area contributed by atoms with E-state index in [-0.39, 0.29) is 22.2 Å². The summed E-state index contributed by atoms with van der Waals surface area (Å²) in [6, 6.07) is 5.85. The minimum absolute atomic E-state index is 0.0908. The monoisotopic (exact) mass is 487 g/mol. The average molecular weight is 488 g/mol. The van der Waals surface area contributed by atoms with Gasteiger partial charge >= 0.3 is 0 Å². The normalized spacial score (nSPS) is 28.6. The van der Waals surface area contributed by atoms with Crippen LogP contribution < -0.4 is 4.90 Å². The molecule has 0 N–H and O–H groups in total. The lowest BCUT2D eigenvalue weighted by molar-refractivity contribution is -0.169. The number of hydrogen-bond donors (Lipinski definition) is 0. The zero-order valence-electron chi connectivity index (χ0n) is 17.9. The second-order valence-electron chi connectivity index (χ2n) is 9.60. The Hall–Kier alpha value is -1.45. The molecule has 0 spiro atoms. The van der Waals surface area contributed by atoms with Crippen molar-refractivity contribution in [1.29, 1.82) is 0 Å². The van der Waals surface area contributed by atoms with Gasteiger partial charge in [0.15, 0.2) is 9.84 Å². The minimum atomic E-state index is -3.71. The number of carbonyl (C=O) groups is 1. The number of piperazine rings is 1. The topological polar surface area (TPSA) is 60.9 Å². The van der Waals surface area contributed by atoms with E-state index in [1.165, 1.54) is 12.8 Å². The Kier molecular flexibility index (Phi) is 5.65. The van der Waals surface area contributed by atoms with Gasteiger partial charge in [-0.15, -0.1) is 0 Å². The SMILES string of the molecule is O=C([C@@H]1CC[C@@H](S(=O)(=O)c2ccc(N3CCN(C4CC4)CC3)cc2Cl)C1)N1CC(F)(F)C1. The lowest BCUT2D eigenvalue weighted by Gasteiger charge is -2.40. The number of anilines is 1. The summed E-state index contributed by atoms with van der Waals surface area (Å²) in [4.78, 5) is 18.4. The molecule has 0 radical (unpaired) electrons. The minimum Gasteiger partial charge on any atom is -0.369 e. The molecular formula is C22H28ClF2N3O3S. The highest BCUT2D eigenvalue weighted by Gasteiger charge is 2.49. The number of benzene rings is 1. The van der Waals surface area contributed by atoms with Crippen molar-refractivity contribution in [2.24, 2.45) is 5.92 Å². The number of nitrogens with zero attached hydrogens (tertiary/aromatic N) is 3. The van der Waals surface area contributed by atoms with Crippen LogP contribution in [0.2, 0.25) is 5.02 Å². The van der Waals surface area contributed by atoms with E-state index in [0.717, 1.165) is 42.8 Å². The number of halogens is 3. The quantitative estimate of drug-likeness (QED) is 0.639. The molecule has 1 aromatic rings. The van der Waals surface area contributed by atoms with Crippen LogP contribution in [0.1, 0.15) is 32.1 Å². The van der Waals surface area contributed by atoms with E-state index in [2.05, 4.69) is 9.80 Å². The third-order valence-corrected chi connectivity index (χ3v) is 9.99. The number of hydrogen-bond acceptors (Lipinski definition) is 5. The third-order valence-electron chi connectivity index (χ3n) is 7.29. The van der Waals surface area contributed by atoms with Gasteiger partial charge in [-0.05, 0) is 50.3 Å². The second-order valence-corrected chi connectivity index (χ2v) is 12.2. The summed E-state index contributed by atoms with van der Waals surface area (Å²) >= 11 is 6.44. The Balaban J connectivity index is 1.23. The highest BCUT2D eigenvalue weighted by Crippen LogP contribution is 2.39. The number of carbonyl (C=O) groups excluding carboxylic acids is 1. The van der Waals surface area contributed by atoms with Crippen LogP contribution in [0, 0.1) is 5.92 Å². The molecule has 4 aliphatic rings. The van der Waals surface area contributed by atoms with Crippen molar-refractivity contribution in [3.63, 3.8) is 0 Å². The number of alkyl halides is 2. The van der Waals surface area contributed by atoms with E-state index >= 15 is 0 Å². The Morgan fingerprint density at radius 2 is 1.72 bits per heavy atom. The van der Waals surface area contributed by atoms with E-state index in [0.29, 0.717) is 12.8 Å². The molecule has 5 rings (SSSR count). The lowest BCUT2D eigenvalue weighted by Crippen LogP contribution is -2.59. The van der Waals surface area contributed by atoms with E-state index in [1.807, 2.05) is 6.07 Å². The number of amides is 1. The maximum Gasteiger partial charge on any atom is 0.282 e. The highest BCUT2D eigenvalue weighted by atomic mass is 35.5. The van der Waals surface area contributed by atoms with Crippen LogP contribution in [-0.2, 0) is 14.6 Å². The Morgan fingerprint density at radius 1 is 1.03 bits per heavy atom. The van der Waals surface area contributed by atoms with Crippen molar-refractivity contribution >= 4 is 33.0 Å². The fourth-order valence-electron chi connectivity index (χ4n) is 5.25. The molecule has 2 saturated heterocycles. The van der Waals surface area contributed by atoms with E-state index in [4.69, 9.17) is 11.6 Å². The van der Waals surface area contributed by atoms with Gasteiger partial charge in [0.25, 0.3) is 5.92 Å². The molecule has 2 atom stereocenters. The highest BCUT2D eigenvalue weighted by molar-refractivity contribution is 7.92. The molecule has 2 saturated carbocycles. The first-order valence-corrected chi connectivity index (χ1v) is 13.3. The molecule has 2 aliphatic carbocycles. The zero-order valence-corrected chi connectivity index (χ0v) is 19.4. The first-order chi connectivity index (χ1) is 15.1. The average Bonchev–Trinajstić information content (AvgIpc) is 3.46. The maximum atomic E-state index is 13.2. The maximum absolute atomic E-state index is 13.2. The van der Waals surface area contributed by atoms with Crippen molar-refractivity contribution in [3.8, 4) is 0 Å². The van der Waals surface area contributed by atoms with Gasteiger partial charge in [0.2, 0.25) is 5.91 Å². The van der Waals surface area contributed by atoms with Crippen LogP contribution in [0.3, 0.4) is 0 Å². The molecule has 1 aromatic carbocycles. The number of sulfone groups is 1. The van der Waals surface area contributed by atoms with E-state index in [1.54, 1.807) is 12.1 Å². The summed E-state index contributed by atoms with van der Waals surface area (Å²) in [6.07, 6.45) is 3.47. The molecule has 0 aromatic heterocycles. The Labute approximate surface area is 192 Å². The van der Waals surface area contributed by atoms with Gasteiger partial charge in [0, 0.05) is 43.8 Å². The second kappa shape index (κ2) is 8.09. The van der Waals surface area contributed by atoms with Gasteiger partial charge < -0.3 is 9.80 Å². The predicted octanol–water partition coefficient (Wildman–Crippen LogP) is 3.04. The van der Waals surface area contributed by atoms with Crippen molar-refractivity contribution < 1.29 is 22.0 Å². The predicted molar refractivity (Wildman–Crippen MR) is 118 cm³/mol. The molecule has 2 heterocycles. The van der Waals surface area contributed by atoms with Crippen LogP contribution in [0.25, 0.3) is 0 Å². The molecule has 0 bridgehead atoms. The van der Waals surface area contributed by atoms with Gasteiger partial charge in [-0.25, -0.2) is 17.2 Å². The smallest absolute Gasteiger partial charge is 0.282 e. The summed E-state index contributed by atoms with van der Waals surface area (Å²) in [5.74, 6) is -3.70. The van der Waals surface area contributed by atoms with Gasteiger partial charge in [0.1, 0.15) is 0 Å². The zero-order chi connectivity index (χ0) is 22.7. The van der Waals surface area contributed by atoms with Crippen LogP contribution in [0.5, 0.6) is 0 Å². The van der Waals surface area contributed by atoms with Gasteiger partial charge in [-0.2, -0.15) is 0 Å². The van der Waals surface area contributed by atoms with Crippen molar-refractivity contribution in [2.45, 2.75) is 54.2 Å². The van der Waals surface area contributed by atoms with Crippen molar-refractivity contribution in [2.75, 3.05) is 44.2 Å². The Morgan fingerprint density at radius 3 is 2.31 bits per heavy atom. The largest absolute Gasteiger partial charge is 0.369 e. The van der Waals surface area contributed by atoms with E-state index in [9.17, 15) is 22.0 Å². The summed E-state index contributed by atoms with van der Waals surface area (Å²) < 4.78 is 52.6. The summed E-state index contributed by atoms with van der Waals surface area (Å²) in [5, 5.41) is -0.520. The van der Waals surface area contributed by atoms with Crippen LogP contribution >= 0.6 is 11.6 Å². The first kappa shape index (κ1) is 22.3. The lowest BCUT2D eigenvalue weighted by atomic mass is 10.0. The van der Waals surface area contributed by atoms with Crippen molar-refractivity contribution in [1.82, 2.24) is 9.80 Å². The molecule has 2 aliphatic heterocycles. The molecule has 32 heavy (non-hydrogen) atoms. The Bertz CT molecular complexity index is 1000. The molecule has 0 unspecified atom stereocenters. The first-order valence-electron chi connectivity index (χ1n) is 11.3. The summed E-state index contributed by atoms with van der Waals surface area (Å²) in [5.41, 5.74) is 0.919. The standard InChI is InChI=1S/C22H28ClF2N3O3S/c23-19-12-17(27-9-7-26(8-10-27)16-2-3-16)4-6-20(19)32(30,31)18-5-1-15(11-18)21(29)28-13-22(24,25)14-28/h4,6,12,15-16,18H,1-3,5,7-11,13-14H2/t15-,18-/m1/s1. The summed E-state index contributed by atoms with van der Waals surface area (Å²) in [6.45, 7) is 2.65. The van der Waals surface area contributed by atoms with Crippen molar-refractivity contribution in [3.05, 3.63) is 23.2 Å². The van der Waals surface area contributed by atoms with Gasteiger partial charge in [-0.3, -0.25) is 9.69 Å². The third kappa shape index (κ3) is 4.23. The van der Waals surface area contributed by atoms with Gasteiger partial charge in [0.05, 0.1) is 28.3 Å². The van der Waals surface area contributed by atoms with Gasteiger partial charge in [-0.1, -0.05) is 11.6 Å². The number of rotatable bonds is 5. The van der Waals surface area contributed by atoms with Crippen LogP contribution in [0.4, 0.5) is 14.5 Å². The molecule has 6 nitrogen and oxygen atoms in total. The van der Waals surface area contributed by atoms with Crippen LogP contribution in [-0.4, -0.2) is 80.6 Å². The summed E-state index contributed by atoms with van der Waals surface area (Å²) in [7, 11) is -3.71. The fourth-order valence-corrected chi connectivity index (χ4v) is 7.63. The molecule has 176 valence electrons.